The molecule has 0 radical (unpaired) electrons. The van der Waals surface area contributed by atoms with Gasteiger partial charge in [-0.15, -0.1) is 0 Å². The highest BCUT2D eigenvalue weighted by molar-refractivity contribution is 6.05. The fourth-order valence-electron chi connectivity index (χ4n) is 4.81. The quantitative estimate of drug-likeness (QED) is 0.625. The third-order valence-electron chi connectivity index (χ3n) is 6.43. The van der Waals surface area contributed by atoms with E-state index in [9.17, 15) is 14.4 Å². The van der Waals surface area contributed by atoms with E-state index in [-0.39, 0.29) is 24.1 Å². The molecule has 3 aliphatic rings. The highest BCUT2D eigenvalue weighted by atomic mass is 16.2. The van der Waals surface area contributed by atoms with Crippen LogP contribution in [-0.2, 0) is 16.1 Å². The highest BCUT2D eigenvalue weighted by Gasteiger charge is 2.39. The van der Waals surface area contributed by atoms with E-state index in [2.05, 4.69) is 29.8 Å². The van der Waals surface area contributed by atoms with Crippen LogP contribution in [0.5, 0.6) is 0 Å². The lowest BCUT2D eigenvalue weighted by Crippen LogP contribution is -2.52. The average molecular weight is 413 g/mol. The summed E-state index contributed by atoms with van der Waals surface area (Å²) < 4.78 is 0. The minimum atomic E-state index is -0.568. The van der Waals surface area contributed by atoms with E-state index in [1.165, 1.54) is 19.3 Å². The van der Waals surface area contributed by atoms with Crippen LogP contribution in [0.2, 0.25) is 0 Å². The first-order valence-electron chi connectivity index (χ1n) is 11.2. The van der Waals surface area contributed by atoms with E-state index in [4.69, 9.17) is 0 Å². The van der Waals surface area contributed by atoms with Crippen molar-refractivity contribution in [3.05, 3.63) is 29.3 Å². The van der Waals surface area contributed by atoms with Gasteiger partial charge in [0.25, 0.3) is 5.91 Å². The molecular formula is C23H32N4O3. The van der Waals surface area contributed by atoms with Gasteiger partial charge in [-0.3, -0.25) is 19.7 Å². The predicted octanol–water partition coefficient (Wildman–Crippen LogP) is 2.42. The number of rotatable bonds is 6. The van der Waals surface area contributed by atoms with Crippen molar-refractivity contribution in [1.29, 1.82) is 0 Å². The zero-order valence-electron chi connectivity index (χ0n) is 17.9. The second-order valence-corrected chi connectivity index (χ2v) is 9.22. The van der Waals surface area contributed by atoms with Crippen LogP contribution < -0.4 is 16.0 Å². The number of benzene rings is 1. The zero-order valence-corrected chi connectivity index (χ0v) is 17.9. The van der Waals surface area contributed by atoms with E-state index < -0.39 is 6.04 Å². The summed E-state index contributed by atoms with van der Waals surface area (Å²) in [6.45, 7) is 5.88. The Bertz CT molecular complexity index is 838. The number of carbonyl (C=O) groups is 3. The van der Waals surface area contributed by atoms with Crippen LogP contribution in [0, 0.1) is 5.92 Å². The van der Waals surface area contributed by atoms with Gasteiger partial charge < -0.3 is 15.5 Å². The Hall–Kier alpha value is -2.41. The standard InChI is InChI=1S/C23H32N4O3/c1-14(2)12-24-18-5-3-4-6-19(18)25-16-7-8-17-15(11-16)13-27(23(17)30)20-9-10-21(28)26-22(20)29/h7-8,11,14,18-20,24-25H,3-6,9-10,12-13H2,1-2H3,(H,26,28,29)/t18-,19-,20?/m0/s1. The second kappa shape index (κ2) is 8.76. The first-order valence-corrected chi connectivity index (χ1v) is 11.2. The largest absolute Gasteiger partial charge is 0.381 e. The summed E-state index contributed by atoms with van der Waals surface area (Å²) in [5.74, 6) is -0.135. The molecule has 3 amide bonds. The first kappa shape index (κ1) is 20.8. The molecule has 2 heterocycles. The summed E-state index contributed by atoms with van der Waals surface area (Å²) in [5, 5.41) is 9.76. The number of piperidine rings is 1. The number of amides is 3. The van der Waals surface area contributed by atoms with Gasteiger partial charge in [0.2, 0.25) is 11.8 Å². The maximum atomic E-state index is 12.9. The number of fused-ring (bicyclic) bond motifs is 1. The van der Waals surface area contributed by atoms with Crippen LogP contribution >= 0.6 is 0 Å². The summed E-state index contributed by atoms with van der Waals surface area (Å²) in [6.07, 6.45) is 5.46. The molecule has 1 saturated carbocycles. The van der Waals surface area contributed by atoms with Crippen molar-refractivity contribution in [2.75, 3.05) is 11.9 Å². The van der Waals surface area contributed by atoms with Crippen molar-refractivity contribution in [3.8, 4) is 0 Å². The van der Waals surface area contributed by atoms with Gasteiger partial charge in [0.1, 0.15) is 6.04 Å². The predicted molar refractivity (Wildman–Crippen MR) is 115 cm³/mol. The molecule has 30 heavy (non-hydrogen) atoms. The Morgan fingerprint density at radius 1 is 1.10 bits per heavy atom. The van der Waals surface area contributed by atoms with Crippen LogP contribution in [0.3, 0.4) is 0 Å². The minimum Gasteiger partial charge on any atom is -0.381 e. The highest BCUT2D eigenvalue weighted by Crippen LogP contribution is 2.30. The fraction of sp³-hybridized carbons (Fsp3) is 0.609. The number of nitrogens with zero attached hydrogens (tertiary/aromatic N) is 1. The Morgan fingerprint density at radius 2 is 1.87 bits per heavy atom. The van der Waals surface area contributed by atoms with E-state index in [0.29, 0.717) is 36.5 Å². The molecule has 2 aliphatic heterocycles. The molecule has 3 N–H and O–H groups in total. The molecular weight excluding hydrogens is 380 g/mol. The van der Waals surface area contributed by atoms with E-state index in [0.717, 1.165) is 24.2 Å². The van der Waals surface area contributed by atoms with E-state index >= 15 is 0 Å². The molecule has 7 heteroatoms. The summed E-state index contributed by atoms with van der Waals surface area (Å²) in [7, 11) is 0. The normalized spacial score (nSPS) is 26.7. The molecule has 1 saturated heterocycles. The monoisotopic (exact) mass is 412 g/mol. The van der Waals surface area contributed by atoms with Gasteiger partial charge in [-0.25, -0.2) is 0 Å². The zero-order chi connectivity index (χ0) is 21.3. The van der Waals surface area contributed by atoms with Crippen molar-refractivity contribution in [3.63, 3.8) is 0 Å². The molecule has 4 rings (SSSR count). The first-order chi connectivity index (χ1) is 14.4. The lowest BCUT2D eigenvalue weighted by atomic mass is 9.89. The van der Waals surface area contributed by atoms with Crippen molar-refractivity contribution in [1.82, 2.24) is 15.5 Å². The molecule has 162 valence electrons. The van der Waals surface area contributed by atoms with Crippen molar-refractivity contribution < 1.29 is 14.4 Å². The molecule has 0 bridgehead atoms. The molecule has 1 aromatic carbocycles. The van der Waals surface area contributed by atoms with Crippen molar-refractivity contribution >= 4 is 23.4 Å². The SMILES string of the molecule is CC(C)CN[C@H]1CCCC[C@@H]1Nc1ccc2c(c1)CN(C1CCC(=O)NC1=O)C2=O. The number of anilines is 1. The second-order valence-electron chi connectivity index (χ2n) is 9.22. The Labute approximate surface area is 178 Å². The van der Waals surface area contributed by atoms with Gasteiger partial charge in [-0.05, 0) is 55.5 Å². The molecule has 1 unspecified atom stereocenters. The Balaban J connectivity index is 1.44. The fourth-order valence-corrected chi connectivity index (χ4v) is 4.81. The molecule has 2 fully saturated rings. The number of hydrogen-bond donors (Lipinski definition) is 3. The maximum absolute atomic E-state index is 12.9. The van der Waals surface area contributed by atoms with Crippen LogP contribution in [0.4, 0.5) is 5.69 Å². The van der Waals surface area contributed by atoms with Gasteiger partial charge in [-0.2, -0.15) is 0 Å². The Morgan fingerprint density at radius 3 is 2.60 bits per heavy atom. The van der Waals surface area contributed by atoms with E-state index in [1.54, 1.807) is 4.90 Å². The third-order valence-corrected chi connectivity index (χ3v) is 6.43. The van der Waals surface area contributed by atoms with Crippen LogP contribution in [0.25, 0.3) is 0 Å². The summed E-state index contributed by atoms with van der Waals surface area (Å²) in [4.78, 5) is 38.1. The van der Waals surface area contributed by atoms with Crippen molar-refractivity contribution in [2.24, 2.45) is 5.92 Å². The summed E-state index contributed by atoms with van der Waals surface area (Å²) in [5.41, 5.74) is 2.62. The number of hydrogen-bond acceptors (Lipinski definition) is 5. The molecule has 0 aromatic heterocycles. The lowest BCUT2D eigenvalue weighted by Gasteiger charge is -2.34. The summed E-state index contributed by atoms with van der Waals surface area (Å²) >= 11 is 0. The van der Waals surface area contributed by atoms with Gasteiger partial charge in [0.05, 0.1) is 0 Å². The molecule has 7 nitrogen and oxygen atoms in total. The lowest BCUT2D eigenvalue weighted by molar-refractivity contribution is -0.136. The third kappa shape index (κ3) is 4.36. The van der Waals surface area contributed by atoms with Crippen LogP contribution in [0.15, 0.2) is 18.2 Å². The molecule has 1 aliphatic carbocycles. The number of imide groups is 1. The van der Waals surface area contributed by atoms with Gasteiger partial charge >= 0.3 is 0 Å². The smallest absolute Gasteiger partial charge is 0.255 e. The number of nitrogens with one attached hydrogen (secondary N) is 3. The van der Waals surface area contributed by atoms with Crippen LogP contribution in [-0.4, -0.2) is 47.3 Å². The van der Waals surface area contributed by atoms with Crippen molar-refractivity contribution in [2.45, 2.75) is 77.0 Å². The van der Waals surface area contributed by atoms with E-state index in [1.807, 2.05) is 18.2 Å². The summed E-state index contributed by atoms with van der Waals surface area (Å²) in [6, 6.07) is 6.15. The number of carbonyl (C=O) groups excluding carboxylic acids is 3. The molecule has 0 spiro atoms. The Kier molecular flexibility index (Phi) is 6.09. The maximum Gasteiger partial charge on any atom is 0.255 e. The van der Waals surface area contributed by atoms with Gasteiger partial charge in [-0.1, -0.05) is 26.7 Å². The van der Waals surface area contributed by atoms with Gasteiger partial charge in [0, 0.05) is 36.3 Å². The topological polar surface area (TPSA) is 90.5 Å². The van der Waals surface area contributed by atoms with Gasteiger partial charge in [0.15, 0.2) is 0 Å². The average Bonchev–Trinajstić information content (AvgIpc) is 3.03. The molecule has 1 aromatic rings. The van der Waals surface area contributed by atoms with Crippen LogP contribution in [0.1, 0.15) is 68.3 Å². The minimum absolute atomic E-state index is 0.125. The molecule has 3 atom stereocenters.